The molecule has 1 fully saturated rings. The van der Waals surface area contributed by atoms with Crippen molar-refractivity contribution in [2.24, 2.45) is 0 Å². The number of likely N-dealkylation sites (tertiary alicyclic amines) is 1. The van der Waals surface area contributed by atoms with E-state index in [1.807, 2.05) is 44.1 Å². The molecule has 0 saturated carbocycles. The van der Waals surface area contributed by atoms with Gasteiger partial charge >= 0.3 is 0 Å². The molecule has 2 aromatic carbocycles. The van der Waals surface area contributed by atoms with Crippen molar-refractivity contribution in [3.63, 3.8) is 0 Å². The van der Waals surface area contributed by atoms with Gasteiger partial charge in [-0.2, -0.15) is 0 Å². The minimum Gasteiger partial charge on any atom is -0.398 e. The summed E-state index contributed by atoms with van der Waals surface area (Å²) < 4.78 is 0. The average molecular weight is 354 g/mol. The molecule has 1 aliphatic heterocycles. The molecule has 1 saturated heterocycles. The Morgan fingerprint density at radius 2 is 1.81 bits per heavy atom. The summed E-state index contributed by atoms with van der Waals surface area (Å²) in [6.45, 7) is 7.87. The van der Waals surface area contributed by atoms with E-state index in [0.29, 0.717) is 0 Å². The first kappa shape index (κ1) is 20.1. The highest BCUT2D eigenvalue weighted by atomic mass is 15.1. The first-order chi connectivity index (χ1) is 12.5. The van der Waals surface area contributed by atoms with Gasteiger partial charge in [-0.3, -0.25) is 4.90 Å². The van der Waals surface area contributed by atoms with Crippen LogP contribution < -0.4 is 16.2 Å². The number of hydrogen-bond donors (Lipinski definition) is 1. The van der Waals surface area contributed by atoms with Crippen LogP contribution in [0.1, 0.15) is 32.3 Å². The topological polar surface area (TPSA) is 32.5 Å². The summed E-state index contributed by atoms with van der Waals surface area (Å²) in [4.78, 5) is 4.55. The van der Waals surface area contributed by atoms with Crippen LogP contribution >= 0.6 is 0 Å². The second-order valence-corrected chi connectivity index (χ2v) is 7.20. The Kier molecular flexibility index (Phi) is 7.73. The number of nitrogens with two attached hydrogens (primary N) is 1. The van der Waals surface area contributed by atoms with Gasteiger partial charge in [0.25, 0.3) is 0 Å². The van der Waals surface area contributed by atoms with Gasteiger partial charge in [-0.25, -0.2) is 0 Å². The zero-order valence-electron chi connectivity index (χ0n) is 16.7. The highest BCUT2D eigenvalue weighted by Gasteiger charge is 2.11. The zero-order chi connectivity index (χ0) is 18.9. The van der Waals surface area contributed by atoms with Gasteiger partial charge in [0.2, 0.25) is 0 Å². The lowest BCUT2D eigenvalue weighted by atomic mass is 10.1. The Morgan fingerprint density at radius 1 is 1.12 bits per heavy atom. The van der Waals surface area contributed by atoms with Crippen LogP contribution in [0.5, 0.6) is 0 Å². The largest absolute Gasteiger partial charge is 0.398 e. The molecule has 142 valence electrons. The van der Waals surface area contributed by atoms with Crippen LogP contribution in [0, 0.1) is 6.92 Å². The van der Waals surface area contributed by atoms with E-state index in [4.69, 9.17) is 5.73 Å². The van der Waals surface area contributed by atoms with Crippen molar-refractivity contribution < 1.29 is 1.43 Å². The van der Waals surface area contributed by atoms with E-state index in [1.54, 1.807) is 0 Å². The van der Waals surface area contributed by atoms with Crippen LogP contribution in [-0.4, -0.2) is 37.0 Å². The second-order valence-electron chi connectivity index (χ2n) is 7.20. The number of nitrogen functional groups attached to an aromatic ring is 1. The maximum atomic E-state index is 5.84. The van der Waals surface area contributed by atoms with E-state index < -0.39 is 0 Å². The third-order valence-corrected chi connectivity index (χ3v) is 4.55. The Morgan fingerprint density at radius 3 is 2.42 bits per heavy atom. The molecular weight excluding hydrogens is 318 g/mol. The van der Waals surface area contributed by atoms with E-state index in [2.05, 4.69) is 48.4 Å². The number of rotatable bonds is 3. The van der Waals surface area contributed by atoms with Gasteiger partial charge < -0.3 is 10.6 Å². The standard InChI is InChI=1S/C12H17N.C11H16N2.H2/c1-11-5-4-6-12(9-11)10-13-7-2-3-8-13;1-4-10-9(8-13(2)3)6-5-7-11(10)12;/h4-6,9H,2-3,7-8,10H2,1H3;4-8H,12H2,1-3H3;1H/b;9-8-,10-4+;. The van der Waals surface area contributed by atoms with Gasteiger partial charge in [0.1, 0.15) is 0 Å². The lowest BCUT2D eigenvalue weighted by Gasteiger charge is -2.14. The van der Waals surface area contributed by atoms with E-state index in [0.717, 1.165) is 22.7 Å². The SMILES string of the molecule is C/C=c1/c(N)ccc/c1=C/N(C)C.Cc1cccc(CN2CCCC2)c1.[HH]. The zero-order valence-corrected chi connectivity index (χ0v) is 16.7. The van der Waals surface area contributed by atoms with Crippen LogP contribution in [0.15, 0.2) is 42.5 Å². The van der Waals surface area contributed by atoms with E-state index in [9.17, 15) is 0 Å². The number of nitrogens with zero attached hydrogens (tertiary/aromatic N) is 2. The lowest BCUT2D eigenvalue weighted by molar-refractivity contribution is 0.331. The molecule has 0 amide bonds. The first-order valence-electron chi connectivity index (χ1n) is 9.46. The van der Waals surface area contributed by atoms with Crippen molar-refractivity contribution in [1.82, 2.24) is 9.80 Å². The fourth-order valence-electron chi connectivity index (χ4n) is 3.34. The normalized spacial score (nSPS) is 15.7. The molecule has 1 aliphatic rings. The molecule has 0 bridgehead atoms. The average Bonchev–Trinajstić information content (AvgIpc) is 3.08. The molecule has 0 aliphatic carbocycles. The number of aryl methyl sites for hydroxylation is 1. The Bertz CT molecular complexity index is 809. The van der Waals surface area contributed by atoms with Crippen molar-refractivity contribution in [3.05, 3.63) is 64.0 Å². The van der Waals surface area contributed by atoms with Crippen molar-refractivity contribution in [3.8, 4) is 0 Å². The van der Waals surface area contributed by atoms with Crippen LogP contribution in [0.3, 0.4) is 0 Å². The van der Waals surface area contributed by atoms with Crippen molar-refractivity contribution in [2.45, 2.75) is 33.2 Å². The summed E-state index contributed by atoms with van der Waals surface area (Å²) in [6, 6.07) is 14.8. The minimum absolute atomic E-state index is 0. The molecule has 26 heavy (non-hydrogen) atoms. The molecule has 3 nitrogen and oxygen atoms in total. The fraction of sp³-hybridized carbons (Fsp3) is 0.391. The smallest absolute Gasteiger partial charge is 0.0390 e. The van der Waals surface area contributed by atoms with E-state index in [-0.39, 0.29) is 1.43 Å². The van der Waals surface area contributed by atoms with Crippen molar-refractivity contribution >= 4 is 18.0 Å². The molecule has 0 spiro atoms. The highest BCUT2D eigenvalue weighted by molar-refractivity contribution is 5.46. The predicted molar refractivity (Wildman–Crippen MR) is 116 cm³/mol. The first-order valence-corrected chi connectivity index (χ1v) is 9.46. The predicted octanol–water partition coefficient (Wildman–Crippen LogP) is 3.21. The molecule has 1 heterocycles. The Hall–Kier alpha value is -2.26. The van der Waals surface area contributed by atoms with Gasteiger partial charge in [-0.1, -0.05) is 48.0 Å². The molecular formula is C23H35N3. The van der Waals surface area contributed by atoms with Crippen LogP contribution in [0.4, 0.5) is 5.69 Å². The maximum absolute atomic E-state index is 5.84. The highest BCUT2D eigenvalue weighted by Crippen LogP contribution is 2.13. The number of anilines is 1. The van der Waals surface area contributed by atoms with E-state index in [1.165, 1.54) is 37.1 Å². The van der Waals surface area contributed by atoms with Crippen LogP contribution in [0.25, 0.3) is 12.3 Å². The molecule has 0 atom stereocenters. The van der Waals surface area contributed by atoms with Crippen LogP contribution in [-0.2, 0) is 6.54 Å². The summed E-state index contributed by atoms with van der Waals surface area (Å²) in [7, 11) is 4.01. The summed E-state index contributed by atoms with van der Waals surface area (Å²) in [6.07, 6.45) is 6.86. The van der Waals surface area contributed by atoms with Gasteiger partial charge in [-0.05, 0) is 56.6 Å². The van der Waals surface area contributed by atoms with Crippen molar-refractivity contribution in [1.29, 1.82) is 0 Å². The van der Waals surface area contributed by atoms with Crippen molar-refractivity contribution in [2.75, 3.05) is 32.9 Å². The summed E-state index contributed by atoms with van der Waals surface area (Å²) in [5.74, 6) is 0. The molecule has 3 heteroatoms. The molecule has 2 N–H and O–H groups in total. The minimum atomic E-state index is 0. The maximum Gasteiger partial charge on any atom is 0.0390 e. The third-order valence-electron chi connectivity index (χ3n) is 4.55. The molecule has 2 aromatic rings. The lowest BCUT2D eigenvalue weighted by Crippen LogP contribution is -2.29. The molecule has 0 unspecified atom stereocenters. The summed E-state index contributed by atoms with van der Waals surface area (Å²) >= 11 is 0. The molecule has 0 aromatic heterocycles. The fourth-order valence-corrected chi connectivity index (χ4v) is 3.34. The monoisotopic (exact) mass is 353 g/mol. The second kappa shape index (κ2) is 10.0. The third kappa shape index (κ3) is 6.23. The Labute approximate surface area is 159 Å². The molecule has 3 rings (SSSR count). The quantitative estimate of drug-likeness (QED) is 0.860. The number of benzene rings is 2. The van der Waals surface area contributed by atoms with Gasteiger partial charge in [0.05, 0.1) is 0 Å². The summed E-state index contributed by atoms with van der Waals surface area (Å²) in [5, 5.41) is 2.27. The van der Waals surface area contributed by atoms with E-state index >= 15 is 0 Å². The van der Waals surface area contributed by atoms with Gasteiger partial charge in [0, 0.05) is 39.2 Å². The van der Waals surface area contributed by atoms with Crippen LogP contribution in [0.2, 0.25) is 0 Å². The Balaban J connectivity index is 0.000000260. The molecule has 0 radical (unpaired) electrons. The number of hydrogen-bond acceptors (Lipinski definition) is 3. The summed E-state index contributed by atoms with van der Waals surface area (Å²) in [5.41, 5.74) is 9.50. The van der Waals surface area contributed by atoms with Gasteiger partial charge in [-0.15, -0.1) is 0 Å². The van der Waals surface area contributed by atoms with Gasteiger partial charge in [0.15, 0.2) is 0 Å².